The molecule has 0 saturated heterocycles. The van der Waals surface area contributed by atoms with Crippen molar-refractivity contribution >= 4 is 23.0 Å². The van der Waals surface area contributed by atoms with Crippen LogP contribution in [0.2, 0.25) is 0 Å². The number of nitrogens with zero attached hydrogens (tertiary/aromatic N) is 2. The summed E-state index contributed by atoms with van der Waals surface area (Å²) < 4.78 is 0. The first kappa shape index (κ1) is 18.4. The van der Waals surface area contributed by atoms with Gasteiger partial charge in [-0.05, 0) is 43.7 Å². The molecule has 2 aromatic rings. The molecule has 3 rings (SSSR count). The SMILES string of the molecule is C/C(=N/Nc1ccc(C2=NNC(=O)CC2C)cc1)c1ccc(O)c(C)c1O. The maximum Gasteiger partial charge on any atom is 0.240 e. The number of nitrogens with one attached hydrogen (secondary N) is 2. The van der Waals surface area contributed by atoms with E-state index in [1.165, 1.54) is 6.07 Å². The summed E-state index contributed by atoms with van der Waals surface area (Å²) in [6, 6.07) is 10.7. The minimum absolute atomic E-state index is 0.0137. The molecule has 1 atom stereocenters. The van der Waals surface area contributed by atoms with Gasteiger partial charge in [0.1, 0.15) is 11.5 Å². The van der Waals surface area contributed by atoms with Crippen LogP contribution in [0.15, 0.2) is 46.6 Å². The normalized spacial score (nSPS) is 17.3. The topological polar surface area (TPSA) is 106 Å². The molecular weight excluding hydrogens is 344 g/mol. The highest BCUT2D eigenvalue weighted by atomic mass is 16.3. The second kappa shape index (κ2) is 7.49. The summed E-state index contributed by atoms with van der Waals surface area (Å²) >= 11 is 0. The van der Waals surface area contributed by atoms with Crippen molar-refractivity contribution in [1.29, 1.82) is 0 Å². The number of amides is 1. The van der Waals surface area contributed by atoms with Crippen LogP contribution < -0.4 is 10.9 Å². The summed E-state index contributed by atoms with van der Waals surface area (Å²) in [5.41, 5.74) is 9.61. The average molecular weight is 366 g/mol. The predicted octanol–water partition coefficient (Wildman–Crippen LogP) is 3.10. The third-order valence-corrected chi connectivity index (χ3v) is 4.58. The van der Waals surface area contributed by atoms with Crippen LogP contribution in [-0.2, 0) is 4.79 Å². The summed E-state index contributed by atoms with van der Waals surface area (Å²) in [7, 11) is 0. The lowest BCUT2D eigenvalue weighted by Crippen LogP contribution is -2.31. The van der Waals surface area contributed by atoms with Crippen molar-refractivity contribution in [3.63, 3.8) is 0 Å². The van der Waals surface area contributed by atoms with Gasteiger partial charge in [-0.25, -0.2) is 5.43 Å². The van der Waals surface area contributed by atoms with E-state index in [4.69, 9.17) is 0 Å². The van der Waals surface area contributed by atoms with Crippen molar-refractivity contribution in [2.24, 2.45) is 16.1 Å². The van der Waals surface area contributed by atoms with Crippen LogP contribution in [0.4, 0.5) is 5.69 Å². The fraction of sp³-hybridized carbons (Fsp3) is 0.250. The number of hydrazone groups is 2. The summed E-state index contributed by atoms with van der Waals surface area (Å²) in [5, 5.41) is 28.2. The van der Waals surface area contributed by atoms with Crippen molar-refractivity contribution in [3.8, 4) is 11.5 Å². The fourth-order valence-corrected chi connectivity index (χ4v) is 2.91. The summed E-state index contributed by atoms with van der Waals surface area (Å²) in [6.07, 6.45) is 0.428. The van der Waals surface area contributed by atoms with Gasteiger partial charge in [-0.3, -0.25) is 10.2 Å². The van der Waals surface area contributed by atoms with Crippen LogP contribution in [-0.4, -0.2) is 27.5 Å². The highest BCUT2D eigenvalue weighted by Gasteiger charge is 2.21. The lowest BCUT2D eigenvalue weighted by molar-refractivity contribution is -0.121. The van der Waals surface area contributed by atoms with E-state index in [0.717, 1.165) is 17.0 Å². The zero-order valence-electron chi connectivity index (χ0n) is 15.4. The Labute approximate surface area is 157 Å². The first-order chi connectivity index (χ1) is 12.9. The quantitative estimate of drug-likeness (QED) is 0.493. The lowest BCUT2D eigenvalue weighted by Gasteiger charge is -2.19. The number of rotatable bonds is 4. The summed E-state index contributed by atoms with van der Waals surface area (Å²) in [4.78, 5) is 11.4. The summed E-state index contributed by atoms with van der Waals surface area (Å²) in [5.74, 6) is 0.0593. The van der Waals surface area contributed by atoms with Gasteiger partial charge in [0.15, 0.2) is 0 Å². The Bertz CT molecular complexity index is 933. The molecular formula is C20H22N4O3. The minimum atomic E-state index is -0.0675. The molecule has 1 amide bonds. The van der Waals surface area contributed by atoms with E-state index in [-0.39, 0.29) is 23.3 Å². The van der Waals surface area contributed by atoms with Crippen LogP contribution >= 0.6 is 0 Å². The summed E-state index contributed by atoms with van der Waals surface area (Å²) in [6.45, 7) is 5.39. The highest BCUT2D eigenvalue weighted by molar-refractivity contribution is 6.06. The molecule has 0 fully saturated rings. The Morgan fingerprint density at radius 2 is 1.93 bits per heavy atom. The van der Waals surface area contributed by atoms with Gasteiger partial charge in [0.05, 0.1) is 17.1 Å². The largest absolute Gasteiger partial charge is 0.508 e. The van der Waals surface area contributed by atoms with Crippen LogP contribution in [0.25, 0.3) is 0 Å². The maximum absolute atomic E-state index is 11.4. The van der Waals surface area contributed by atoms with Gasteiger partial charge >= 0.3 is 0 Å². The Hall–Kier alpha value is -3.35. The molecule has 4 N–H and O–H groups in total. The van der Waals surface area contributed by atoms with Gasteiger partial charge in [0.25, 0.3) is 0 Å². The zero-order chi connectivity index (χ0) is 19.6. The fourth-order valence-electron chi connectivity index (χ4n) is 2.91. The highest BCUT2D eigenvalue weighted by Crippen LogP contribution is 2.29. The smallest absolute Gasteiger partial charge is 0.240 e. The first-order valence-electron chi connectivity index (χ1n) is 8.66. The molecule has 0 bridgehead atoms. The number of carbonyl (C=O) groups excluding carboxylic acids is 1. The molecule has 1 aliphatic rings. The molecule has 2 aromatic carbocycles. The number of hydrogen-bond donors (Lipinski definition) is 4. The average Bonchev–Trinajstić information content (AvgIpc) is 2.65. The van der Waals surface area contributed by atoms with Crippen LogP contribution in [0.1, 0.15) is 37.0 Å². The molecule has 0 saturated carbocycles. The molecule has 27 heavy (non-hydrogen) atoms. The molecule has 1 aliphatic heterocycles. The van der Waals surface area contributed by atoms with E-state index < -0.39 is 0 Å². The molecule has 7 nitrogen and oxygen atoms in total. The molecule has 1 heterocycles. The molecule has 140 valence electrons. The number of aromatic hydroxyl groups is 2. The Morgan fingerprint density at radius 1 is 1.22 bits per heavy atom. The van der Waals surface area contributed by atoms with E-state index in [2.05, 4.69) is 21.1 Å². The molecule has 1 unspecified atom stereocenters. The third kappa shape index (κ3) is 3.92. The van der Waals surface area contributed by atoms with E-state index in [1.807, 2.05) is 31.2 Å². The Balaban J connectivity index is 1.74. The molecule has 0 aliphatic carbocycles. The third-order valence-electron chi connectivity index (χ3n) is 4.58. The molecule has 0 radical (unpaired) electrons. The number of anilines is 1. The number of benzene rings is 2. The number of hydrogen-bond acceptors (Lipinski definition) is 6. The first-order valence-corrected chi connectivity index (χ1v) is 8.66. The second-order valence-corrected chi connectivity index (χ2v) is 6.63. The number of phenols is 2. The number of phenolic OH excluding ortho intramolecular Hbond substituents is 2. The molecule has 0 spiro atoms. The van der Waals surface area contributed by atoms with E-state index in [0.29, 0.717) is 23.3 Å². The molecule has 7 heteroatoms. The molecule has 0 aromatic heterocycles. The van der Waals surface area contributed by atoms with Crippen LogP contribution in [0.3, 0.4) is 0 Å². The number of carbonyl (C=O) groups is 1. The van der Waals surface area contributed by atoms with Gasteiger partial charge in [-0.15, -0.1) is 0 Å². The zero-order valence-corrected chi connectivity index (χ0v) is 15.4. The van der Waals surface area contributed by atoms with Crippen molar-refractivity contribution in [2.75, 3.05) is 5.43 Å². The lowest BCUT2D eigenvalue weighted by atomic mass is 9.94. The van der Waals surface area contributed by atoms with Crippen molar-refractivity contribution < 1.29 is 15.0 Å². The monoisotopic (exact) mass is 366 g/mol. The van der Waals surface area contributed by atoms with Gasteiger partial charge in [0, 0.05) is 23.5 Å². The van der Waals surface area contributed by atoms with Crippen molar-refractivity contribution in [3.05, 3.63) is 53.1 Å². The van der Waals surface area contributed by atoms with Gasteiger partial charge in [-0.1, -0.05) is 19.1 Å². The van der Waals surface area contributed by atoms with Crippen molar-refractivity contribution in [1.82, 2.24) is 5.43 Å². The van der Waals surface area contributed by atoms with Gasteiger partial charge in [-0.2, -0.15) is 10.2 Å². The minimum Gasteiger partial charge on any atom is -0.508 e. The van der Waals surface area contributed by atoms with Crippen molar-refractivity contribution in [2.45, 2.75) is 27.2 Å². The predicted molar refractivity (Wildman–Crippen MR) is 105 cm³/mol. The van der Waals surface area contributed by atoms with E-state index in [1.54, 1.807) is 19.9 Å². The Morgan fingerprint density at radius 3 is 2.59 bits per heavy atom. The standard InChI is InChI=1S/C20H22N4O3/c1-11-10-18(26)23-24-19(11)14-4-6-15(7-5-14)22-21-13(3)16-8-9-17(25)12(2)20(16)27/h4-9,11,22,25,27H,10H2,1-3H3,(H,23,26)/b21-13-. The van der Waals surface area contributed by atoms with E-state index >= 15 is 0 Å². The maximum atomic E-state index is 11.4. The van der Waals surface area contributed by atoms with E-state index in [9.17, 15) is 15.0 Å². The van der Waals surface area contributed by atoms with Gasteiger partial charge < -0.3 is 10.2 Å². The Kier molecular flexibility index (Phi) is 5.12. The van der Waals surface area contributed by atoms with Gasteiger partial charge in [0.2, 0.25) is 5.91 Å². The van der Waals surface area contributed by atoms with Crippen LogP contribution in [0, 0.1) is 12.8 Å². The second-order valence-electron chi connectivity index (χ2n) is 6.63. The van der Waals surface area contributed by atoms with Crippen LogP contribution in [0.5, 0.6) is 11.5 Å².